The van der Waals surface area contributed by atoms with Gasteiger partial charge < -0.3 is 9.30 Å². The molecule has 0 aliphatic carbocycles. The van der Waals surface area contributed by atoms with E-state index in [9.17, 15) is 4.39 Å². The minimum Gasteiger partial charge on any atom is -0.376 e. The maximum absolute atomic E-state index is 13.2. The molecule has 0 spiro atoms. The van der Waals surface area contributed by atoms with E-state index in [0.717, 1.165) is 52.2 Å². The molecule has 1 fully saturated rings. The SMILES string of the molecule is Fc1ccc(N=c2scc(-c3ccccc3Br)n2CC2CCCO2)cc1. The zero-order valence-corrected chi connectivity index (χ0v) is 16.5. The molecule has 1 unspecified atom stereocenters. The van der Waals surface area contributed by atoms with Gasteiger partial charge in [0.15, 0.2) is 4.80 Å². The first-order valence-corrected chi connectivity index (χ1v) is 10.2. The van der Waals surface area contributed by atoms with Crippen molar-refractivity contribution in [3.05, 3.63) is 69.0 Å². The van der Waals surface area contributed by atoms with E-state index in [4.69, 9.17) is 9.73 Å². The second kappa shape index (κ2) is 7.86. The van der Waals surface area contributed by atoms with Crippen molar-refractivity contribution in [1.29, 1.82) is 0 Å². The van der Waals surface area contributed by atoms with Crippen LogP contribution < -0.4 is 4.80 Å². The van der Waals surface area contributed by atoms with Gasteiger partial charge >= 0.3 is 0 Å². The van der Waals surface area contributed by atoms with Gasteiger partial charge in [0.25, 0.3) is 0 Å². The highest BCUT2D eigenvalue weighted by molar-refractivity contribution is 9.10. The Morgan fingerprint density at radius 3 is 2.73 bits per heavy atom. The van der Waals surface area contributed by atoms with E-state index < -0.39 is 0 Å². The van der Waals surface area contributed by atoms with Crippen molar-refractivity contribution in [3.63, 3.8) is 0 Å². The van der Waals surface area contributed by atoms with Gasteiger partial charge in [-0.05, 0) is 43.2 Å². The third kappa shape index (κ3) is 3.82. The number of halogens is 2. The standard InChI is InChI=1S/C20H18BrFN2OS/c21-18-6-2-1-5-17(18)19-13-26-20(23-15-9-7-14(22)8-10-15)24(19)12-16-4-3-11-25-16/h1-2,5-10,13,16H,3-4,11-12H2. The zero-order valence-electron chi connectivity index (χ0n) is 14.1. The van der Waals surface area contributed by atoms with E-state index in [-0.39, 0.29) is 11.9 Å². The second-order valence-electron chi connectivity index (χ2n) is 6.22. The smallest absolute Gasteiger partial charge is 0.190 e. The van der Waals surface area contributed by atoms with Crippen LogP contribution in [0.25, 0.3) is 11.3 Å². The molecule has 1 saturated heterocycles. The monoisotopic (exact) mass is 432 g/mol. The molecule has 3 nitrogen and oxygen atoms in total. The topological polar surface area (TPSA) is 26.5 Å². The third-order valence-corrected chi connectivity index (χ3v) is 5.96. The van der Waals surface area contributed by atoms with E-state index in [1.807, 2.05) is 18.2 Å². The summed E-state index contributed by atoms with van der Waals surface area (Å²) >= 11 is 5.24. The maximum Gasteiger partial charge on any atom is 0.190 e. The van der Waals surface area contributed by atoms with Crippen LogP contribution in [0.1, 0.15) is 12.8 Å². The molecule has 3 aromatic rings. The molecule has 1 atom stereocenters. The lowest BCUT2D eigenvalue weighted by Gasteiger charge is -2.14. The number of nitrogens with zero attached hydrogens (tertiary/aromatic N) is 2. The van der Waals surface area contributed by atoms with Crippen molar-refractivity contribution in [3.8, 4) is 11.3 Å². The predicted molar refractivity (Wildman–Crippen MR) is 106 cm³/mol. The Hall–Kier alpha value is -1.76. The van der Waals surface area contributed by atoms with E-state index in [1.165, 1.54) is 12.1 Å². The zero-order chi connectivity index (χ0) is 17.9. The van der Waals surface area contributed by atoms with Crippen LogP contribution in [0.4, 0.5) is 10.1 Å². The number of thiazole rings is 1. The summed E-state index contributed by atoms with van der Waals surface area (Å²) in [6, 6.07) is 14.4. The van der Waals surface area contributed by atoms with Gasteiger partial charge in [0, 0.05) is 22.0 Å². The molecule has 0 radical (unpaired) electrons. The van der Waals surface area contributed by atoms with Gasteiger partial charge in [0.1, 0.15) is 5.82 Å². The first-order chi connectivity index (χ1) is 12.7. The molecule has 1 aromatic heterocycles. The minimum absolute atomic E-state index is 0.206. The Morgan fingerprint density at radius 1 is 1.19 bits per heavy atom. The van der Waals surface area contributed by atoms with Crippen molar-refractivity contribution in [2.45, 2.75) is 25.5 Å². The number of hydrogen-bond acceptors (Lipinski definition) is 3. The number of aromatic nitrogens is 1. The summed E-state index contributed by atoms with van der Waals surface area (Å²) in [7, 11) is 0. The third-order valence-electron chi connectivity index (χ3n) is 4.41. The van der Waals surface area contributed by atoms with E-state index in [2.05, 4.69) is 31.9 Å². The van der Waals surface area contributed by atoms with Gasteiger partial charge in [-0.15, -0.1) is 11.3 Å². The lowest BCUT2D eigenvalue weighted by Crippen LogP contribution is -2.24. The van der Waals surface area contributed by atoms with Crippen molar-refractivity contribution in [2.75, 3.05) is 6.61 Å². The molecule has 0 N–H and O–H groups in total. The fourth-order valence-electron chi connectivity index (χ4n) is 3.10. The normalized spacial score (nSPS) is 17.8. The Kier molecular flexibility index (Phi) is 5.33. The molecule has 4 rings (SSSR count). The van der Waals surface area contributed by atoms with Gasteiger partial charge in [-0.1, -0.05) is 34.1 Å². The highest BCUT2D eigenvalue weighted by Crippen LogP contribution is 2.29. The number of hydrogen-bond donors (Lipinski definition) is 0. The van der Waals surface area contributed by atoms with Crippen LogP contribution in [-0.4, -0.2) is 17.3 Å². The Bertz CT molecular complexity index is 958. The van der Waals surface area contributed by atoms with Crippen molar-refractivity contribution in [2.24, 2.45) is 4.99 Å². The van der Waals surface area contributed by atoms with Gasteiger partial charge in [-0.3, -0.25) is 0 Å². The average molecular weight is 433 g/mol. The summed E-state index contributed by atoms with van der Waals surface area (Å²) in [6.45, 7) is 1.59. The maximum atomic E-state index is 13.2. The van der Waals surface area contributed by atoms with Crippen LogP contribution in [0.3, 0.4) is 0 Å². The van der Waals surface area contributed by atoms with Crippen LogP contribution in [-0.2, 0) is 11.3 Å². The summed E-state index contributed by atoms with van der Waals surface area (Å²) in [5.41, 5.74) is 2.98. The molecule has 0 amide bonds. The largest absolute Gasteiger partial charge is 0.376 e. The molecule has 0 saturated carbocycles. The molecule has 1 aliphatic rings. The Labute approximate surface area is 163 Å². The molecule has 2 aromatic carbocycles. The average Bonchev–Trinajstić information content (AvgIpc) is 3.29. The van der Waals surface area contributed by atoms with Crippen LogP contribution in [0.2, 0.25) is 0 Å². The van der Waals surface area contributed by atoms with Gasteiger partial charge in [0.05, 0.1) is 24.0 Å². The lowest BCUT2D eigenvalue weighted by molar-refractivity contribution is 0.0968. The van der Waals surface area contributed by atoms with Gasteiger partial charge in [-0.25, -0.2) is 9.38 Å². The first kappa shape index (κ1) is 17.6. The van der Waals surface area contributed by atoms with Crippen LogP contribution in [0.15, 0.2) is 63.4 Å². The highest BCUT2D eigenvalue weighted by Gasteiger charge is 2.19. The summed E-state index contributed by atoms with van der Waals surface area (Å²) in [5.74, 6) is -0.253. The summed E-state index contributed by atoms with van der Waals surface area (Å²) in [6.07, 6.45) is 2.37. The Balaban J connectivity index is 1.81. The van der Waals surface area contributed by atoms with Gasteiger partial charge in [-0.2, -0.15) is 0 Å². The predicted octanol–water partition coefficient (Wildman–Crippen LogP) is 5.53. The molecule has 2 heterocycles. The van der Waals surface area contributed by atoms with Gasteiger partial charge in [0.2, 0.25) is 0 Å². The molecular formula is C20H18BrFN2OS. The minimum atomic E-state index is -0.253. The van der Waals surface area contributed by atoms with E-state index in [0.29, 0.717) is 0 Å². The molecule has 26 heavy (non-hydrogen) atoms. The summed E-state index contributed by atoms with van der Waals surface area (Å²) in [4.78, 5) is 5.63. The summed E-state index contributed by atoms with van der Waals surface area (Å²) < 4.78 is 22.3. The first-order valence-electron chi connectivity index (χ1n) is 8.56. The quantitative estimate of drug-likeness (QED) is 0.532. The van der Waals surface area contributed by atoms with Crippen molar-refractivity contribution >= 4 is 33.0 Å². The summed E-state index contributed by atoms with van der Waals surface area (Å²) in [5, 5.41) is 2.12. The van der Waals surface area contributed by atoms with Crippen molar-refractivity contribution in [1.82, 2.24) is 4.57 Å². The van der Waals surface area contributed by atoms with E-state index in [1.54, 1.807) is 23.5 Å². The number of benzene rings is 2. The van der Waals surface area contributed by atoms with E-state index >= 15 is 0 Å². The molecule has 0 bridgehead atoms. The molecule has 1 aliphatic heterocycles. The Morgan fingerprint density at radius 2 is 2.00 bits per heavy atom. The number of ether oxygens (including phenoxy) is 1. The molecular weight excluding hydrogens is 415 g/mol. The number of rotatable bonds is 4. The van der Waals surface area contributed by atoms with Crippen molar-refractivity contribution < 1.29 is 9.13 Å². The fourth-order valence-corrected chi connectivity index (χ4v) is 4.52. The lowest BCUT2D eigenvalue weighted by atomic mass is 10.1. The molecule has 134 valence electrons. The second-order valence-corrected chi connectivity index (χ2v) is 7.91. The highest BCUT2D eigenvalue weighted by atomic mass is 79.9. The van der Waals surface area contributed by atoms with Crippen LogP contribution >= 0.6 is 27.3 Å². The molecule has 6 heteroatoms. The fraction of sp³-hybridized carbons (Fsp3) is 0.250. The van der Waals surface area contributed by atoms with Crippen LogP contribution in [0, 0.1) is 5.82 Å². The van der Waals surface area contributed by atoms with Crippen LogP contribution in [0.5, 0.6) is 0 Å².